The van der Waals surface area contributed by atoms with Gasteiger partial charge in [-0.25, -0.2) is 0 Å². The lowest BCUT2D eigenvalue weighted by Crippen LogP contribution is -2.28. The zero-order chi connectivity index (χ0) is 12.3. The number of hydrogen-bond donors (Lipinski definition) is 1. The van der Waals surface area contributed by atoms with Crippen molar-refractivity contribution >= 4 is 17.5 Å². The smallest absolute Gasteiger partial charge is 0.255 e. The molecule has 1 fully saturated rings. The minimum atomic E-state index is -0.154. The van der Waals surface area contributed by atoms with Crippen molar-refractivity contribution in [2.45, 2.75) is 6.92 Å². The molecule has 1 aliphatic heterocycles. The van der Waals surface area contributed by atoms with Crippen LogP contribution in [-0.4, -0.2) is 36.6 Å². The molecule has 0 saturated carbocycles. The summed E-state index contributed by atoms with van der Waals surface area (Å²) < 4.78 is 5.13. The fourth-order valence-corrected chi connectivity index (χ4v) is 1.69. The molecular weight excluding hydrogens is 220 g/mol. The highest BCUT2D eigenvalue weighted by atomic mass is 16.5. The number of nitrogens with one attached hydrogen (secondary N) is 1. The van der Waals surface area contributed by atoms with Gasteiger partial charge < -0.3 is 15.0 Å². The van der Waals surface area contributed by atoms with E-state index in [4.69, 9.17) is 4.74 Å². The van der Waals surface area contributed by atoms with Gasteiger partial charge in [0.15, 0.2) is 0 Å². The second-order valence-electron chi connectivity index (χ2n) is 3.87. The maximum Gasteiger partial charge on any atom is 0.255 e. The number of hydrogen-bond acceptors (Lipinski definition) is 3. The molecule has 17 heavy (non-hydrogen) atoms. The summed E-state index contributed by atoms with van der Waals surface area (Å²) in [5.41, 5.74) is 1.19. The second kappa shape index (κ2) is 4.97. The first kappa shape index (κ1) is 11.6. The van der Waals surface area contributed by atoms with Crippen molar-refractivity contribution in [1.29, 1.82) is 0 Å². The van der Waals surface area contributed by atoms with Crippen molar-refractivity contribution in [2.75, 3.05) is 25.2 Å². The largest absolute Gasteiger partial charge is 0.359 e. The van der Waals surface area contributed by atoms with Crippen molar-refractivity contribution in [3.8, 4) is 0 Å². The van der Waals surface area contributed by atoms with Crippen LogP contribution in [0.3, 0.4) is 0 Å². The molecule has 2 amide bonds. The quantitative estimate of drug-likeness (QED) is 0.832. The van der Waals surface area contributed by atoms with Crippen LogP contribution >= 0.6 is 0 Å². The van der Waals surface area contributed by atoms with Crippen LogP contribution in [0.15, 0.2) is 24.3 Å². The predicted molar refractivity (Wildman–Crippen MR) is 62.6 cm³/mol. The van der Waals surface area contributed by atoms with E-state index >= 15 is 0 Å². The highest BCUT2D eigenvalue weighted by Crippen LogP contribution is 2.14. The van der Waals surface area contributed by atoms with E-state index in [2.05, 4.69) is 5.32 Å². The zero-order valence-corrected chi connectivity index (χ0v) is 9.60. The number of anilines is 1. The van der Waals surface area contributed by atoms with E-state index in [-0.39, 0.29) is 11.8 Å². The molecule has 1 aliphatic rings. The van der Waals surface area contributed by atoms with Gasteiger partial charge in [-0.1, -0.05) is 6.07 Å². The van der Waals surface area contributed by atoms with Gasteiger partial charge in [-0.15, -0.1) is 0 Å². The summed E-state index contributed by atoms with van der Waals surface area (Å²) in [6, 6.07) is 6.89. The number of carbonyl (C=O) groups excluding carboxylic acids is 2. The maximum absolute atomic E-state index is 12.0. The van der Waals surface area contributed by atoms with Crippen LogP contribution in [0.4, 0.5) is 5.69 Å². The molecule has 90 valence electrons. The van der Waals surface area contributed by atoms with Gasteiger partial charge in [-0.05, 0) is 18.2 Å². The summed E-state index contributed by atoms with van der Waals surface area (Å²) in [6.45, 7) is 2.96. The van der Waals surface area contributed by atoms with Crippen molar-refractivity contribution in [1.82, 2.24) is 4.90 Å². The average Bonchev–Trinajstić information content (AvgIpc) is 2.81. The lowest BCUT2D eigenvalue weighted by atomic mass is 10.2. The first-order valence-corrected chi connectivity index (χ1v) is 5.41. The van der Waals surface area contributed by atoms with Crippen LogP contribution in [0.1, 0.15) is 17.3 Å². The Balaban J connectivity index is 2.14. The minimum absolute atomic E-state index is 0.0743. The first-order valence-electron chi connectivity index (χ1n) is 5.41. The number of benzene rings is 1. The van der Waals surface area contributed by atoms with Crippen molar-refractivity contribution < 1.29 is 14.3 Å². The molecule has 1 saturated heterocycles. The highest BCUT2D eigenvalue weighted by Gasteiger charge is 2.19. The van der Waals surface area contributed by atoms with Crippen LogP contribution in [0.25, 0.3) is 0 Å². The van der Waals surface area contributed by atoms with Crippen LogP contribution in [-0.2, 0) is 9.53 Å². The van der Waals surface area contributed by atoms with Crippen LogP contribution in [0, 0.1) is 0 Å². The van der Waals surface area contributed by atoms with E-state index in [0.717, 1.165) is 0 Å². The Bertz CT molecular complexity index is 439. The number of amides is 2. The summed E-state index contributed by atoms with van der Waals surface area (Å²) in [7, 11) is 0. The second-order valence-corrected chi connectivity index (χ2v) is 3.87. The monoisotopic (exact) mass is 234 g/mol. The molecule has 0 aromatic heterocycles. The summed E-state index contributed by atoms with van der Waals surface area (Å²) in [5.74, 6) is -0.228. The lowest BCUT2D eigenvalue weighted by Gasteiger charge is -2.14. The Morgan fingerprint density at radius 2 is 2.24 bits per heavy atom. The van der Waals surface area contributed by atoms with Crippen molar-refractivity contribution in [2.24, 2.45) is 0 Å². The first-order chi connectivity index (χ1) is 8.16. The normalized spacial score (nSPS) is 14.8. The molecule has 1 aromatic carbocycles. The maximum atomic E-state index is 12.0. The predicted octanol–water partition coefficient (Wildman–Crippen LogP) is 1.07. The minimum Gasteiger partial charge on any atom is -0.359 e. The molecule has 0 radical (unpaired) electrons. The standard InChI is InChI=1S/C12H14N2O3/c1-9(15)13-11-4-2-3-10(7-11)12(16)14-5-6-17-8-14/h2-4,7H,5-6,8H2,1H3,(H,13,15). The van der Waals surface area contributed by atoms with E-state index < -0.39 is 0 Å². The molecule has 1 N–H and O–H groups in total. The van der Waals surface area contributed by atoms with Gasteiger partial charge in [0.25, 0.3) is 5.91 Å². The molecule has 5 heteroatoms. The SMILES string of the molecule is CC(=O)Nc1cccc(C(=O)N2CCOC2)c1. The molecular formula is C12H14N2O3. The van der Waals surface area contributed by atoms with Crippen LogP contribution in [0.5, 0.6) is 0 Å². The van der Waals surface area contributed by atoms with Gasteiger partial charge in [0.1, 0.15) is 6.73 Å². The Labute approximate surface area is 99.4 Å². The summed E-state index contributed by atoms with van der Waals surface area (Å²) in [5, 5.41) is 2.65. The van der Waals surface area contributed by atoms with Crippen LogP contribution in [0.2, 0.25) is 0 Å². The fourth-order valence-electron chi connectivity index (χ4n) is 1.69. The van der Waals surface area contributed by atoms with E-state index in [1.54, 1.807) is 29.2 Å². The Morgan fingerprint density at radius 1 is 1.41 bits per heavy atom. The van der Waals surface area contributed by atoms with E-state index in [1.807, 2.05) is 0 Å². The molecule has 1 heterocycles. The van der Waals surface area contributed by atoms with Gasteiger partial charge in [0.05, 0.1) is 6.61 Å². The van der Waals surface area contributed by atoms with E-state index in [9.17, 15) is 9.59 Å². The van der Waals surface area contributed by atoms with Crippen molar-refractivity contribution in [3.05, 3.63) is 29.8 Å². The van der Waals surface area contributed by atoms with Gasteiger partial charge >= 0.3 is 0 Å². The third-order valence-electron chi connectivity index (χ3n) is 2.47. The molecule has 0 aliphatic carbocycles. The van der Waals surface area contributed by atoms with Crippen LogP contribution < -0.4 is 5.32 Å². The summed E-state index contributed by atoms with van der Waals surface area (Å²) in [6.07, 6.45) is 0. The molecule has 1 aromatic rings. The average molecular weight is 234 g/mol. The third-order valence-corrected chi connectivity index (χ3v) is 2.47. The van der Waals surface area contributed by atoms with Crippen molar-refractivity contribution in [3.63, 3.8) is 0 Å². The fraction of sp³-hybridized carbons (Fsp3) is 0.333. The Morgan fingerprint density at radius 3 is 2.88 bits per heavy atom. The number of nitrogens with zero attached hydrogens (tertiary/aromatic N) is 1. The van der Waals surface area contributed by atoms with Gasteiger partial charge in [-0.3, -0.25) is 9.59 Å². The van der Waals surface area contributed by atoms with Gasteiger partial charge in [0.2, 0.25) is 5.91 Å². The van der Waals surface area contributed by atoms with E-state index in [1.165, 1.54) is 6.92 Å². The topological polar surface area (TPSA) is 58.6 Å². The Kier molecular flexibility index (Phi) is 3.39. The third kappa shape index (κ3) is 2.82. The summed E-state index contributed by atoms with van der Waals surface area (Å²) in [4.78, 5) is 24.6. The molecule has 0 spiro atoms. The molecule has 0 unspecified atom stereocenters. The van der Waals surface area contributed by atoms with Gasteiger partial charge in [0, 0.05) is 24.7 Å². The number of carbonyl (C=O) groups is 2. The molecule has 0 bridgehead atoms. The number of ether oxygens (including phenoxy) is 1. The van der Waals surface area contributed by atoms with Gasteiger partial charge in [-0.2, -0.15) is 0 Å². The Hall–Kier alpha value is -1.88. The summed E-state index contributed by atoms with van der Waals surface area (Å²) >= 11 is 0. The zero-order valence-electron chi connectivity index (χ0n) is 9.60. The lowest BCUT2D eigenvalue weighted by molar-refractivity contribution is -0.114. The molecule has 0 atom stereocenters. The molecule has 2 rings (SSSR count). The number of rotatable bonds is 2. The van der Waals surface area contributed by atoms with E-state index in [0.29, 0.717) is 31.1 Å². The highest BCUT2D eigenvalue weighted by molar-refractivity contribution is 5.96. The molecule has 5 nitrogen and oxygen atoms in total.